The monoisotopic (exact) mass is 298 g/mol. The SMILES string of the molecule is CC(NC1CCS(=O)(=O)CC1)c1cccc([N+](=O)[O-])c1. The first-order valence-electron chi connectivity index (χ1n) is 6.58. The van der Waals surface area contributed by atoms with E-state index in [9.17, 15) is 18.5 Å². The molecule has 110 valence electrons. The number of nitro benzene ring substituents is 1. The Morgan fingerprint density at radius 2 is 2.00 bits per heavy atom. The molecule has 6 nitrogen and oxygen atoms in total. The van der Waals surface area contributed by atoms with E-state index in [2.05, 4.69) is 5.32 Å². The lowest BCUT2D eigenvalue weighted by atomic mass is 10.0. The van der Waals surface area contributed by atoms with Gasteiger partial charge in [0.15, 0.2) is 0 Å². The number of rotatable bonds is 4. The summed E-state index contributed by atoms with van der Waals surface area (Å²) in [7, 11) is -2.86. The van der Waals surface area contributed by atoms with Crippen molar-refractivity contribution in [2.45, 2.75) is 31.8 Å². The molecule has 0 aromatic heterocycles. The molecule has 0 amide bonds. The van der Waals surface area contributed by atoms with E-state index in [1.165, 1.54) is 6.07 Å². The Bertz CT molecular complexity index is 586. The van der Waals surface area contributed by atoms with Crippen molar-refractivity contribution in [2.75, 3.05) is 11.5 Å². The summed E-state index contributed by atoms with van der Waals surface area (Å²) < 4.78 is 22.7. The van der Waals surface area contributed by atoms with Crippen LogP contribution in [0.2, 0.25) is 0 Å². The van der Waals surface area contributed by atoms with E-state index < -0.39 is 14.8 Å². The fraction of sp³-hybridized carbons (Fsp3) is 0.538. The molecule has 1 aliphatic rings. The quantitative estimate of drug-likeness (QED) is 0.676. The van der Waals surface area contributed by atoms with Gasteiger partial charge in [-0.1, -0.05) is 12.1 Å². The smallest absolute Gasteiger partial charge is 0.269 e. The Morgan fingerprint density at radius 1 is 1.35 bits per heavy atom. The molecule has 20 heavy (non-hydrogen) atoms. The standard InChI is InChI=1S/C13H18N2O4S/c1-10(11-3-2-4-13(9-11)15(16)17)14-12-5-7-20(18,19)8-6-12/h2-4,9-10,12,14H,5-8H2,1H3. The lowest BCUT2D eigenvalue weighted by Gasteiger charge is -2.26. The molecule has 7 heteroatoms. The van der Waals surface area contributed by atoms with Crippen LogP contribution in [0.3, 0.4) is 0 Å². The summed E-state index contributed by atoms with van der Waals surface area (Å²) in [6.07, 6.45) is 1.20. The van der Waals surface area contributed by atoms with Gasteiger partial charge in [-0.25, -0.2) is 8.42 Å². The number of sulfone groups is 1. The van der Waals surface area contributed by atoms with Crippen LogP contribution in [0, 0.1) is 10.1 Å². The third kappa shape index (κ3) is 3.77. The molecule has 1 atom stereocenters. The van der Waals surface area contributed by atoms with Gasteiger partial charge in [0.1, 0.15) is 9.84 Å². The van der Waals surface area contributed by atoms with Gasteiger partial charge >= 0.3 is 0 Å². The van der Waals surface area contributed by atoms with Gasteiger partial charge < -0.3 is 5.32 Å². The maximum Gasteiger partial charge on any atom is 0.269 e. The van der Waals surface area contributed by atoms with E-state index in [1.807, 2.05) is 13.0 Å². The van der Waals surface area contributed by atoms with E-state index in [0.717, 1.165) is 5.56 Å². The van der Waals surface area contributed by atoms with Crippen LogP contribution >= 0.6 is 0 Å². The number of hydrogen-bond donors (Lipinski definition) is 1. The zero-order valence-corrected chi connectivity index (χ0v) is 12.1. The third-order valence-corrected chi connectivity index (χ3v) is 5.34. The minimum atomic E-state index is -2.86. The Labute approximate surface area is 118 Å². The molecule has 0 aliphatic carbocycles. The summed E-state index contributed by atoms with van der Waals surface area (Å²) in [5, 5.41) is 14.1. The van der Waals surface area contributed by atoms with Crippen LogP contribution < -0.4 is 5.32 Å². The molecule has 1 fully saturated rings. The highest BCUT2D eigenvalue weighted by Crippen LogP contribution is 2.21. The van der Waals surface area contributed by atoms with Crippen LogP contribution in [0.4, 0.5) is 5.69 Å². The van der Waals surface area contributed by atoms with Crippen molar-refractivity contribution in [3.8, 4) is 0 Å². The number of hydrogen-bond acceptors (Lipinski definition) is 5. The van der Waals surface area contributed by atoms with Crippen molar-refractivity contribution in [3.63, 3.8) is 0 Å². The predicted octanol–water partition coefficient (Wildman–Crippen LogP) is 1.82. The molecule has 0 bridgehead atoms. The molecule has 1 aliphatic heterocycles. The van der Waals surface area contributed by atoms with Crippen LogP contribution in [0.15, 0.2) is 24.3 Å². The second-order valence-corrected chi connectivity index (χ2v) is 7.47. The Hall–Kier alpha value is -1.47. The Kier molecular flexibility index (Phi) is 4.39. The van der Waals surface area contributed by atoms with Crippen LogP contribution in [-0.4, -0.2) is 30.9 Å². The highest BCUT2D eigenvalue weighted by molar-refractivity contribution is 7.91. The molecule has 1 unspecified atom stereocenters. The summed E-state index contributed by atoms with van der Waals surface area (Å²) in [5.74, 6) is 0.429. The third-order valence-electron chi connectivity index (χ3n) is 3.62. The maximum atomic E-state index is 11.4. The minimum absolute atomic E-state index is 0.0410. The predicted molar refractivity (Wildman–Crippen MR) is 76.3 cm³/mol. The van der Waals surface area contributed by atoms with Crippen LogP contribution in [0.5, 0.6) is 0 Å². The molecule has 1 heterocycles. The number of nitro groups is 1. The lowest BCUT2D eigenvalue weighted by molar-refractivity contribution is -0.384. The van der Waals surface area contributed by atoms with Gasteiger partial charge in [0, 0.05) is 24.2 Å². The fourth-order valence-corrected chi connectivity index (χ4v) is 3.91. The maximum absolute atomic E-state index is 11.4. The molecule has 1 saturated heterocycles. The normalized spacial score (nSPS) is 20.4. The van der Waals surface area contributed by atoms with Gasteiger partial charge in [-0.2, -0.15) is 0 Å². The number of nitrogens with zero attached hydrogens (tertiary/aromatic N) is 1. The van der Waals surface area contributed by atoms with E-state index in [1.54, 1.807) is 12.1 Å². The van der Waals surface area contributed by atoms with Crippen molar-refractivity contribution in [3.05, 3.63) is 39.9 Å². The van der Waals surface area contributed by atoms with Crippen molar-refractivity contribution < 1.29 is 13.3 Å². The van der Waals surface area contributed by atoms with E-state index in [-0.39, 0.29) is 29.3 Å². The van der Waals surface area contributed by atoms with Crippen molar-refractivity contribution in [1.29, 1.82) is 0 Å². The first-order chi connectivity index (χ1) is 9.37. The average molecular weight is 298 g/mol. The summed E-state index contributed by atoms with van der Waals surface area (Å²) in [6, 6.07) is 6.62. The van der Waals surface area contributed by atoms with Gasteiger partial charge in [0.05, 0.1) is 16.4 Å². The largest absolute Gasteiger partial charge is 0.307 e. The second-order valence-electron chi connectivity index (χ2n) is 5.17. The van der Waals surface area contributed by atoms with Gasteiger partial charge in [0.2, 0.25) is 0 Å². The summed E-state index contributed by atoms with van der Waals surface area (Å²) in [4.78, 5) is 10.3. The number of nitrogens with one attached hydrogen (secondary N) is 1. The summed E-state index contributed by atoms with van der Waals surface area (Å²) in [5.41, 5.74) is 0.912. The Morgan fingerprint density at radius 3 is 2.60 bits per heavy atom. The molecule has 1 aromatic carbocycles. The summed E-state index contributed by atoms with van der Waals surface area (Å²) in [6.45, 7) is 1.93. The molecular formula is C13H18N2O4S. The topological polar surface area (TPSA) is 89.3 Å². The minimum Gasteiger partial charge on any atom is -0.307 e. The fourth-order valence-electron chi connectivity index (χ4n) is 2.41. The van der Waals surface area contributed by atoms with Crippen LogP contribution in [-0.2, 0) is 9.84 Å². The molecule has 0 radical (unpaired) electrons. The lowest BCUT2D eigenvalue weighted by Crippen LogP contribution is -2.38. The van der Waals surface area contributed by atoms with E-state index in [4.69, 9.17) is 0 Å². The van der Waals surface area contributed by atoms with Crippen molar-refractivity contribution >= 4 is 15.5 Å². The summed E-state index contributed by atoms with van der Waals surface area (Å²) >= 11 is 0. The first kappa shape index (κ1) is 14.9. The van der Waals surface area contributed by atoms with Crippen molar-refractivity contribution in [2.24, 2.45) is 0 Å². The molecule has 0 spiro atoms. The van der Waals surface area contributed by atoms with Crippen molar-refractivity contribution in [1.82, 2.24) is 5.32 Å². The molecular weight excluding hydrogens is 280 g/mol. The van der Waals surface area contributed by atoms with Gasteiger partial charge in [-0.15, -0.1) is 0 Å². The van der Waals surface area contributed by atoms with E-state index >= 15 is 0 Å². The zero-order chi connectivity index (χ0) is 14.8. The molecule has 2 rings (SSSR count). The van der Waals surface area contributed by atoms with E-state index in [0.29, 0.717) is 12.8 Å². The van der Waals surface area contributed by atoms with Gasteiger partial charge in [0.25, 0.3) is 5.69 Å². The highest BCUT2D eigenvalue weighted by Gasteiger charge is 2.24. The van der Waals surface area contributed by atoms with Crippen LogP contribution in [0.25, 0.3) is 0 Å². The highest BCUT2D eigenvalue weighted by atomic mass is 32.2. The molecule has 1 N–H and O–H groups in total. The Balaban J connectivity index is 2.00. The average Bonchev–Trinajstić information content (AvgIpc) is 2.41. The second kappa shape index (κ2) is 5.88. The molecule has 1 aromatic rings. The zero-order valence-electron chi connectivity index (χ0n) is 11.3. The van der Waals surface area contributed by atoms with Crippen LogP contribution in [0.1, 0.15) is 31.4 Å². The molecule has 0 saturated carbocycles. The number of benzene rings is 1. The van der Waals surface area contributed by atoms with Gasteiger partial charge in [-0.05, 0) is 25.3 Å². The number of non-ortho nitro benzene ring substituents is 1. The van der Waals surface area contributed by atoms with Gasteiger partial charge in [-0.3, -0.25) is 10.1 Å². The first-order valence-corrected chi connectivity index (χ1v) is 8.40.